The molecule has 1 aromatic heterocycles. The second kappa shape index (κ2) is 5.26. The molecule has 0 atom stereocenters. The van der Waals surface area contributed by atoms with E-state index >= 15 is 0 Å². The van der Waals surface area contributed by atoms with Gasteiger partial charge in [0.15, 0.2) is 0 Å². The Hall–Kier alpha value is -1.15. The zero-order chi connectivity index (χ0) is 11.4. The van der Waals surface area contributed by atoms with Crippen molar-refractivity contribution in [2.45, 2.75) is 18.9 Å². The average molecular weight is 232 g/mol. The number of hydrogen-bond acceptors (Lipinski definition) is 0. The molecule has 0 bridgehead atoms. The summed E-state index contributed by atoms with van der Waals surface area (Å²) < 4.78 is 0. The molecule has 0 spiro atoms. The zero-order valence-electron chi connectivity index (χ0n) is 9.86. The molecule has 1 aromatic carbocycles. The summed E-state index contributed by atoms with van der Waals surface area (Å²) in [5, 5.41) is 1.39. The number of benzene rings is 1. The van der Waals surface area contributed by atoms with Gasteiger partial charge in [-0.2, -0.15) is 0 Å². The van der Waals surface area contributed by atoms with Crippen LogP contribution in [0.3, 0.4) is 0 Å². The van der Waals surface area contributed by atoms with Crippen LogP contribution in [0.2, 0.25) is 0 Å². The van der Waals surface area contributed by atoms with Crippen LogP contribution in [0.1, 0.15) is 13.8 Å². The van der Waals surface area contributed by atoms with E-state index in [1.54, 1.807) is 0 Å². The van der Waals surface area contributed by atoms with Gasteiger partial charge in [-0.25, -0.2) is 0 Å². The Balaban J connectivity index is 2.26. The second-order valence-electron chi connectivity index (χ2n) is 3.67. The van der Waals surface area contributed by atoms with Crippen LogP contribution in [0.4, 0.5) is 0 Å². The maximum absolute atomic E-state index is 3.54. The van der Waals surface area contributed by atoms with Gasteiger partial charge in [-0.15, -0.1) is 0 Å². The third-order valence-electron chi connectivity index (χ3n) is 2.75. The molecule has 1 heterocycles. The van der Waals surface area contributed by atoms with Gasteiger partial charge in [0, 0.05) is 22.7 Å². The van der Waals surface area contributed by atoms with Gasteiger partial charge in [0.1, 0.15) is 11.5 Å². The van der Waals surface area contributed by atoms with Crippen LogP contribution in [-0.4, -0.2) is 16.5 Å². The molecule has 2 rings (SSSR count). The summed E-state index contributed by atoms with van der Waals surface area (Å²) in [5.41, 5.74) is 2.50. The van der Waals surface area contributed by atoms with E-state index in [1.807, 2.05) is 0 Å². The van der Waals surface area contributed by atoms with E-state index in [1.165, 1.54) is 27.8 Å². The van der Waals surface area contributed by atoms with Gasteiger partial charge in [0.05, 0.1) is 0 Å². The lowest BCUT2D eigenvalue weighted by Crippen LogP contribution is -2.08. The van der Waals surface area contributed by atoms with Gasteiger partial charge < -0.3 is 4.98 Å². The van der Waals surface area contributed by atoms with Crippen molar-refractivity contribution in [2.24, 2.45) is 0 Å². The van der Waals surface area contributed by atoms with Crippen molar-refractivity contribution in [3.63, 3.8) is 0 Å². The molecule has 0 aliphatic rings. The van der Waals surface area contributed by atoms with Gasteiger partial charge in [0.25, 0.3) is 0 Å². The number of nitrogens with one attached hydrogen (secondary N) is 1. The third-order valence-corrected chi connectivity index (χ3v) is 5.01. The van der Waals surface area contributed by atoms with E-state index in [4.69, 9.17) is 0 Å². The lowest BCUT2D eigenvalue weighted by atomic mass is 10.2. The molecule has 1 N–H and O–H groups in total. The molecule has 0 amide bonds. The quantitative estimate of drug-likeness (QED) is 0.774. The van der Waals surface area contributed by atoms with E-state index in [-0.39, 0.29) is 0 Å². The number of aromatic nitrogens is 1. The highest BCUT2D eigenvalue weighted by Gasteiger charge is 2.18. The van der Waals surface area contributed by atoms with Gasteiger partial charge in [-0.05, 0) is 25.5 Å². The first-order valence-corrected chi connectivity index (χ1v) is 7.33. The van der Waals surface area contributed by atoms with E-state index in [0.29, 0.717) is 10.9 Å². The molecule has 0 aliphatic heterocycles. The SMILES string of the molecule is CC[S+](CC)c1ccc(-c2ccccc2)[nH]1. The molecule has 2 heteroatoms. The normalized spacial score (nSPS) is 10.9. The van der Waals surface area contributed by atoms with Crippen LogP contribution < -0.4 is 0 Å². The summed E-state index contributed by atoms with van der Waals surface area (Å²) in [6.45, 7) is 4.52. The minimum atomic E-state index is 0.390. The van der Waals surface area contributed by atoms with Crippen LogP contribution in [0.25, 0.3) is 11.3 Å². The molecule has 0 unspecified atom stereocenters. The fourth-order valence-electron chi connectivity index (χ4n) is 1.84. The summed E-state index contributed by atoms with van der Waals surface area (Å²) in [6.07, 6.45) is 0. The highest BCUT2D eigenvalue weighted by Crippen LogP contribution is 2.21. The molecule has 0 saturated heterocycles. The van der Waals surface area contributed by atoms with Crippen molar-refractivity contribution in [2.75, 3.05) is 11.5 Å². The van der Waals surface area contributed by atoms with E-state index in [0.717, 1.165) is 0 Å². The largest absolute Gasteiger partial charge is 0.316 e. The standard InChI is InChI=1S/C14H18NS/c1-3-16(4-2)14-11-10-13(15-14)12-8-6-5-7-9-12/h5-11,15H,3-4H2,1-2H3/q+1. The third kappa shape index (κ3) is 2.33. The van der Waals surface area contributed by atoms with Gasteiger partial charge in [0.2, 0.25) is 5.03 Å². The Morgan fingerprint density at radius 3 is 2.25 bits per heavy atom. The lowest BCUT2D eigenvalue weighted by molar-refractivity contribution is 1.18. The fraction of sp³-hybridized carbons (Fsp3) is 0.286. The highest BCUT2D eigenvalue weighted by atomic mass is 32.2. The van der Waals surface area contributed by atoms with E-state index in [9.17, 15) is 0 Å². The minimum absolute atomic E-state index is 0.390. The first kappa shape index (κ1) is 11.3. The number of aromatic amines is 1. The van der Waals surface area contributed by atoms with Crippen LogP contribution >= 0.6 is 0 Å². The highest BCUT2D eigenvalue weighted by molar-refractivity contribution is 7.96. The topological polar surface area (TPSA) is 15.8 Å². The Morgan fingerprint density at radius 1 is 0.938 bits per heavy atom. The van der Waals surface area contributed by atoms with Crippen molar-refractivity contribution < 1.29 is 0 Å². The molecular formula is C14H18NS+. The first-order valence-electron chi connectivity index (χ1n) is 5.77. The maximum atomic E-state index is 3.54. The average Bonchev–Trinajstić information content (AvgIpc) is 2.81. The smallest absolute Gasteiger partial charge is 0.225 e. The summed E-state index contributed by atoms with van der Waals surface area (Å²) in [4.78, 5) is 3.54. The van der Waals surface area contributed by atoms with Crippen LogP contribution in [-0.2, 0) is 10.9 Å². The van der Waals surface area contributed by atoms with Gasteiger partial charge >= 0.3 is 0 Å². The molecule has 0 saturated carbocycles. The molecule has 0 aliphatic carbocycles. The summed E-state index contributed by atoms with van der Waals surface area (Å²) in [6, 6.07) is 14.9. The van der Waals surface area contributed by atoms with Crippen molar-refractivity contribution in [1.82, 2.24) is 4.98 Å². The summed E-state index contributed by atoms with van der Waals surface area (Å²) in [7, 11) is 0.390. The van der Waals surface area contributed by atoms with Crippen molar-refractivity contribution in [3.8, 4) is 11.3 Å². The predicted molar refractivity (Wildman–Crippen MR) is 72.9 cm³/mol. The van der Waals surface area contributed by atoms with Crippen LogP contribution in [0.15, 0.2) is 47.5 Å². The Morgan fingerprint density at radius 2 is 1.62 bits per heavy atom. The lowest BCUT2D eigenvalue weighted by Gasteiger charge is -2.00. The summed E-state index contributed by atoms with van der Waals surface area (Å²) >= 11 is 0. The zero-order valence-corrected chi connectivity index (χ0v) is 10.7. The predicted octanol–water partition coefficient (Wildman–Crippen LogP) is 3.70. The fourth-order valence-corrected chi connectivity index (χ4v) is 3.39. The number of hydrogen-bond donors (Lipinski definition) is 1. The Kier molecular flexibility index (Phi) is 3.73. The minimum Gasteiger partial charge on any atom is -0.316 e. The van der Waals surface area contributed by atoms with Crippen molar-refractivity contribution in [1.29, 1.82) is 0 Å². The number of H-pyrrole nitrogens is 1. The van der Waals surface area contributed by atoms with Crippen LogP contribution in [0.5, 0.6) is 0 Å². The van der Waals surface area contributed by atoms with Gasteiger partial charge in [-0.1, -0.05) is 30.3 Å². The molecule has 84 valence electrons. The maximum Gasteiger partial charge on any atom is 0.225 e. The molecule has 16 heavy (non-hydrogen) atoms. The Labute approximate surface area is 100 Å². The number of rotatable bonds is 4. The van der Waals surface area contributed by atoms with Crippen molar-refractivity contribution in [3.05, 3.63) is 42.5 Å². The molecular weight excluding hydrogens is 214 g/mol. The first-order chi connectivity index (χ1) is 7.85. The Bertz CT molecular complexity index is 429. The molecule has 1 nitrogen and oxygen atoms in total. The van der Waals surface area contributed by atoms with Crippen LogP contribution in [0, 0.1) is 0 Å². The van der Waals surface area contributed by atoms with E-state index in [2.05, 4.69) is 61.3 Å². The molecule has 0 fully saturated rings. The van der Waals surface area contributed by atoms with Gasteiger partial charge in [-0.3, -0.25) is 0 Å². The molecule has 0 radical (unpaired) electrons. The molecule has 2 aromatic rings. The van der Waals surface area contributed by atoms with Crippen molar-refractivity contribution >= 4 is 10.9 Å². The summed E-state index contributed by atoms with van der Waals surface area (Å²) in [5.74, 6) is 2.45. The van der Waals surface area contributed by atoms with E-state index < -0.39 is 0 Å². The second-order valence-corrected chi connectivity index (χ2v) is 6.25. The monoisotopic (exact) mass is 232 g/mol.